The molecule has 7 heteroatoms. The van der Waals surface area contributed by atoms with Crippen LogP contribution in [0.25, 0.3) is 0 Å². The summed E-state index contributed by atoms with van der Waals surface area (Å²) in [4.78, 5) is 0.0854. The van der Waals surface area contributed by atoms with Gasteiger partial charge in [-0.3, -0.25) is 4.31 Å². The van der Waals surface area contributed by atoms with Crippen molar-refractivity contribution in [2.24, 2.45) is 0 Å². The number of sulfonamides is 1. The van der Waals surface area contributed by atoms with E-state index >= 15 is 0 Å². The molecule has 3 aromatic carbocycles. The van der Waals surface area contributed by atoms with E-state index in [1.165, 1.54) is 29.6 Å². The molecule has 0 saturated carbocycles. The van der Waals surface area contributed by atoms with Gasteiger partial charge in [0.25, 0.3) is 10.0 Å². The fraction of sp³-hybridized carbons (Fsp3) is 0.182. The second kappa shape index (κ2) is 8.53. The molecular formula is C22H22FNO4S. The van der Waals surface area contributed by atoms with Crippen LogP contribution in [-0.2, 0) is 16.6 Å². The van der Waals surface area contributed by atoms with Crippen LogP contribution in [0, 0.1) is 12.7 Å². The van der Waals surface area contributed by atoms with Gasteiger partial charge in [-0.1, -0.05) is 18.2 Å². The second-order valence-corrected chi connectivity index (χ2v) is 8.33. The number of hydrogen-bond acceptors (Lipinski definition) is 4. The summed E-state index contributed by atoms with van der Waals surface area (Å²) in [5.41, 5.74) is 1.39. The standard InChI is InChI=1S/C22H22FNO4S/c1-16-7-8-18(14-22(16)23)24(15-17-5-4-6-20(13-17)28-3)29(25,26)21-11-9-19(27-2)10-12-21/h4-14H,15H2,1-3H3. The molecule has 0 bridgehead atoms. The Bertz CT molecular complexity index is 1100. The molecule has 0 fully saturated rings. The summed E-state index contributed by atoms with van der Waals surface area (Å²) in [7, 11) is -0.907. The Balaban J connectivity index is 2.08. The van der Waals surface area contributed by atoms with Gasteiger partial charge in [-0.2, -0.15) is 0 Å². The lowest BCUT2D eigenvalue weighted by Gasteiger charge is -2.25. The van der Waals surface area contributed by atoms with Crippen molar-refractivity contribution in [2.45, 2.75) is 18.4 Å². The van der Waals surface area contributed by atoms with Crippen molar-refractivity contribution < 1.29 is 22.3 Å². The highest BCUT2D eigenvalue weighted by molar-refractivity contribution is 7.92. The highest BCUT2D eigenvalue weighted by atomic mass is 32.2. The summed E-state index contributed by atoms with van der Waals surface area (Å²) in [6.07, 6.45) is 0. The van der Waals surface area contributed by atoms with Crippen LogP contribution < -0.4 is 13.8 Å². The number of aryl methyl sites for hydroxylation is 1. The molecule has 0 aliphatic carbocycles. The van der Waals surface area contributed by atoms with Crippen molar-refractivity contribution in [2.75, 3.05) is 18.5 Å². The monoisotopic (exact) mass is 415 g/mol. The molecule has 0 aliphatic rings. The van der Waals surface area contributed by atoms with E-state index in [2.05, 4.69) is 0 Å². The Labute approximate surface area is 170 Å². The smallest absolute Gasteiger partial charge is 0.264 e. The van der Waals surface area contributed by atoms with E-state index in [1.54, 1.807) is 62.6 Å². The van der Waals surface area contributed by atoms with Crippen LogP contribution in [0.3, 0.4) is 0 Å². The quantitative estimate of drug-likeness (QED) is 0.568. The molecule has 0 N–H and O–H groups in total. The maximum absolute atomic E-state index is 14.2. The Kier molecular flexibility index (Phi) is 6.08. The summed E-state index contributed by atoms with van der Waals surface area (Å²) in [6.45, 7) is 1.65. The number of ether oxygens (including phenoxy) is 2. The molecule has 29 heavy (non-hydrogen) atoms. The van der Waals surface area contributed by atoms with E-state index in [4.69, 9.17) is 9.47 Å². The number of benzene rings is 3. The Morgan fingerprint density at radius 2 is 1.59 bits per heavy atom. The van der Waals surface area contributed by atoms with Crippen LogP contribution in [-0.4, -0.2) is 22.6 Å². The molecule has 152 valence electrons. The summed E-state index contributed by atoms with van der Waals surface area (Å²) >= 11 is 0. The first-order valence-electron chi connectivity index (χ1n) is 8.91. The Hall–Kier alpha value is -3.06. The van der Waals surface area contributed by atoms with Crippen molar-refractivity contribution in [3.63, 3.8) is 0 Å². The van der Waals surface area contributed by atoms with Crippen LogP contribution in [0.15, 0.2) is 71.6 Å². The van der Waals surface area contributed by atoms with Gasteiger partial charge in [0, 0.05) is 0 Å². The predicted octanol–water partition coefficient (Wildman–Crippen LogP) is 4.55. The average Bonchev–Trinajstić information content (AvgIpc) is 2.74. The lowest BCUT2D eigenvalue weighted by molar-refractivity contribution is 0.414. The maximum atomic E-state index is 14.2. The minimum atomic E-state index is -3.96. The zero-order valence-electron chi connectivity index (χ0n) is 16.4. The van der Waals surface area contributed by atoms with Gasteiger partial charge in [-0.15, -0.1) is 0 Å². The molecule has 0 heterocycles. The highest BCUT2D eigenvalue weighted by Crippen LogP contribution is 2.29. The van der Waals surface area contributed by atoms with Crippen molar-refractivity contribution >= 4 is 15.7 Å². The zero-order valence-corrected chi connectivity index (χ0v) is 17.2. The van der Waals surface area contributed by atoms with Crippen molar-refractivity contribution in [3.05, 3.63) is 83.7 Å². The van der Waals surface area contributed by atoms with Gasteiger partial charge in [-0.05, 0) is 66.6 Å². The first kappa shape index (κ1) is 20.7. The molecule has 0 saturated heterocycles. The third-order valence-corrected chi connectivity index (χ3v) is 6.34. The fourth-order valence-corrected chi connectivity index (χ4v) is 4.31. The third-order valence-electron chi connectivity index (χ3n) is 4.55. The van der Waals surface area contributed by atoms with E-state index in [0.29, 0.717) is 22.6 Å². The van der Waals surface area contributed by atoms with Crippen molar-refractivity contribution in [1.82, 2.24) is 0 Å². The SMILES string of the molecule is COc1ccc(S(=O)(=O)N(Cc2cccc(OC)c2)c2ccc(C)c(F)c2)cc1. The largest absolute Gasteiger partial charge is 0.497 e. The van der Waals surface area contributed by atoms with Crippen LogP contribution in [0.2, 0.25) is 0 Å². The molecule has 0 atom stereocenters. The second-order valence-electron chi connectivity index (χ2n) is 6.47. The minimum Gasteiger partial charge on any atom is -0.497 e. The van der Waals surface area contributed by atoms with E-state index < -0.39 is 15.8 Å². The van der Waals surface area contributed by atoms with Gasteiger partial charge in [0.15, 0.2) is 0 Å². The fourth-order valence-electron chi connectivity index (χ4n) is 2.86. The normalized spacial score (nSPS) is 11.2. The van der Waals surface area contributed by atoms with Gasteiger partial charge in [-0.25, -0.2) is 12.8 Å². The summed E-state index contributed by atoms with van der Waals surface area (Å²) in [5, 5.41) is 0. The minimum absolute atomic E-state index is 0.0219. The van der Waals surface area contributed by atoms with E-state index in [-0.39, 0.29) is 17.1 Å². The van der Waals surface area contributed by atoms with Crippen molar-refractivity contribution in [1.29, 1.82) is 0 Å². The van der Waals surface area contributed by atoms with Crippen LogP contribution >= 0.6 is 0 Å². The van der Waals surface area contributed by atoms with Gasteiger partial charge in [0.05, 0.1) is 31.3 Å². The summed E-state index contributed by atoms with van der Waals surface area (Å²) < 4.78 is 52.6. The van der Waals surface area contributed by atoms with Crippen molar-refractivity contribution in [3.8, 4) is 11.5 Å². The molecule has 0 aliphatic heterocycles. The number of anilines is 1. The topological polar surface area (TPSA) is 55.8 Å². The average molecular weight is 415 g/mol. The molecule has 0 spiro atoms. The van der Waals surface area contributed by atoms with Crippen LogP contribution in [0.4, 0.5) is 10.1 Å². The maximum Gasteiger partial charge on any atom is 0.264 e. The number of rotatable bonds is 7. The molecule has 3 rings (SSSR count). The Morgan fingerprint density at radius 1 is 0.897 bits per heavy atom. The summed E-state index contributed by atoms with van der Waals surface area (Å²) in [5.74, 6) is 0.687. The number of halogens is 1. The zero-order chi connectivity index (χ0) is 21.0. The van der Waals surface area contributed by atoms with Crippen LogP contribution in [0.1, 0.15) is 11.1 Å². The van der Waals surface area contributed by atoms with E-state index in [1.807, 2.05) is 0 Å². The molecule has 5 nitrogen and oxygen atoms in total. The predicted molar refractivity (Wildman–Crippen MR) is 110 cm³/mol. The first-order chi connectivity index (χ1) is 13.8. The van der Waals surface area contributed by atoms with Gasteiger partial charge in [0.1, 0.15) is 17.3 Å². The van der Waals surface area contributed by atoms with E-state index in [0.717, 1.165) is 0 Å². The lowest BCUT2D eigenvalue weighted by atomic mass is 10.2. The molecule has 0 aromatic heterocycles. The first-order valence-corrected chi connectivity index (χ1v) is 10.3. The molecule has 0 radical (unpaired) electrons. The molecular weight excluding hydrogens is 393 g/mol. The molecule has 0 amide bonds. The Morgan fingerprint density at radius 3 is 2.21 bits per heavy atom. The van der Waals surface area contributed by atoms with Gasteiger partial charge >= 0.3 is 0 Å². The lowest BCUT2D eigenvalue weighted by Crippen LogP contribution is -2.30. The number of hydrogen-bond donors (Lipinski definition) is 0. The number of methoxy groups -OCH3 is 2. The molecule has 0 unspecified atom stereocenters. The van der Waals surface area contributed by atoms with Crippen LogP contribution in [0.5, 0.6) is 11.5 Å². The molecule has 3 aromatic rings. The highest BCUT2D eigenvalue weighted by Gasteiger charge is 2.26. The van der Waals surface area contributed by atoms with Gasteiger partial charge < -0.3 is 9.47 Å². The number of nitrogens with zero attached hydrogens (tertiary/aromatic N) is 1. The summed E-state index contributed by atoms with van der Waals surface area (Å²) in [6, 6.07) is 17.6. The van der Waals surface area contributed by atoms with Gasteiger partial charge in [0.2, 0.25) is 0 Å². The third kappa shape index (κ3) is 4.51. The van der Waals surface area contributed by atoms with E-state index in [9.17, 15) is 12.8 Å².